The SMILES string of the molecule is CCN(CCNC(=O)c1cc(S)cs1)C1CC1. The van der Waals surface area contributed by atoms with E-state index in [1.54, 1.807) is 0 Å². The van der Waals surface area contributed by atoms with Gasteiger partial charge in [0.2, 0.25) is 0 Å². The zero-order valence-corrected chi connectivity index (χ0v) is 11.7. The van der Waals surface area contributed by atoms with Gasteiger partial charge >= 0.3 is 0 Å². The summed E-state index contributed by atoms with van der Waals surface area (Å²) in [4.78, 5) is 15.8. The summed E-state index contributed by atoms with van der Waals surface area (Å²) in [5.41, 5.74) is 0. The number of hydrogen-bond acceptors (Lipinski definition) is 4. The maximum Gasteiger partial charge on any atom is 0.261 e. The molecule has 2 rings (SSSR count). The number of carbonyl (C=O) groups excluding carboxylic acids is 1. The largest absolute Gasteiger partial charge is 0.350 e. The van der Waals surface area contributed by atoms with Crippen LogP contribution in [0.1, 0.15) is 29.4 Å². The highest BCUT2D eigenvalue weighted by molar-refractivity contribution is 7.80. The monoisotopic (exact) mass is 270 g/mol. The van der Waals surface area contributed by atoms with Gasteiger partial charge < -0.3 is 5.32 Å². The van der Waals surface area contributed by atoms with Crippen molar-refractivity contribution in [1.82, 2.24) is 10.2 Å². The summed E-state index contributed by atoms with van der Waals surface area (Å²) in [6.45, 7) is 4.92. The van der Waals surface area contributed by atoms with E-state index in [1.165, 1.54) is 24.2 Å². The number of hydrogen-bond donors (Lipinski definition) is 2. The van der Waals surface area contributed by atoms with E-state index in [0.717, 1.165) is 35.4 Å². The van der Waals surface area contributed by atoms with Gasteiger partial charge in [-0.1, -0.05) is 6.92 Å². The zero-order valence-electron chi connectivity index (χ0n) is 9.98. The van der Waals surface area contributed by atoms with Gasteiger partial charge in [0.1, 0.15) is 0 Å². The molecule has 5 heteroatoms. The molecule has 0 atom stereocenters. The second kappa shape index (κ2) is 5.89. The van der Waals surface area contributed by atoms with Gasteiger partial charge in [-0.25, -0.2) is 0 Å². The van der Waals surface area contributed by atoms with E-state index in [-0.39, 0.29) is 5.91 Å². The van der Waals surface area contributed by atoms with E-state index in [1.807, 2.05) is 11.4 Å². The van der Waals surface area contributed by atoms with Gasteiger partial charge in [0.05, 0.1) is 4.88 Å². The minimum absolute atomic E-state index is 0.0159. The van der Waals surface area contributed by atoms with Gasteiger partial charge in [0, 0.05) is 29.4 Å². The number of thiol groups is 1. The quantitative estimate of drug-likeness (QED) is 0.777. The van der Waals surface area contributed by atoms with Gasteiger partial charge in [0.15, 0.2) is 0 Å². The van der Waals surface area contributed by atoms with Crippen molar-refractivity contribution in [3.8, 4) is 0 Å². The Labute approximate surface area is 112 Å². The number of thiophene rings is 1. The minimum Gasteiger partial charge on any atom is -0.350 e. The third kappa shape index (κ3) is 3.72. The third-order valence-electron chi connectivity index (χ3n) is 2.96. The first kappa shape index (κ1) is 12.9. The summed E-state index contributed by atoms with van der Waals surface area (Å²) in [6.07, 6.45) is 2.63. The van der Waals surface area contributed by atoms with Crippen LogP contribution in [0.2, 0.25) is 0 Å². The fraction of sp³-hybridized carbons (Fsp3) is 0.583. The Balaban J connectivity index is 1.72. The molecule has 1 aromatic heterocycles. The molecule has 94 valence electrons. The lowest BCUT2D eigenvalue weighted by atomic mass is 10.4. The average Bonchev–Trinajstić information content (AvgIpc) is 3.06. The first-order chi connectivity index (χ1) is 8.20. The van der Waals surface area contributed by atoms with E-state index in [4.69, 9.17) is 0 Å². The van der Waals surface area contributed by atoms with Gasteiger partial charge in [-0.3, -0.25) is 9.69 Å². The van der Waals surface area contributed by atoms with Crippen molar-refractivity contribution >= 4 is 29.9 Å². The van der Waals surface area contributed by atoms with Crippen LogP contribution in [0.5, 0.6) is 0 Å². The Hall–Kier alpha value is -0.520. The summed E-state index contributed by atoms with van der Waals surface area (Å²) in [7, 11) is 0. The number of nitrogens with zero attached hydrogens (tertiary/aromatic N) is 1. The molecule has 0 aliphatic heterocycles. The van der Waals surface area contributed by atoms with E-state index in [2.05, 4.69) is 29.8 Å². The second-order valence-corrected chi connectivity index (χ2v) is 5.71. The average molecular weight is 270 g/mol. The normalized spacial score (nSPS) is 15.2. The van der Waals surface area contributed by atoms with Crippen LogP contribution in [0.25, 0.3) is 0 Å². The Morgan fingerprint density at radius 3 is 2.94 bits per heavy atom. The molecule has 1 aliphatic carbocycles. The highest BCUT2D eigenvalue weighted by atomic mass is 32.1. The van der Waals surface area contributed by atoms with E-state index in [0.29, 0.717) is 0 Å². The maximum atomic E-state index is 11.8. The van der Waals surface area contributed by atoms with Crippen LogP contribution >= 0.6 is 24.0 Å². The van der Waals surface area contributed by atoms with Crippen molar-refractivity contribution in [2.45, 2.75) is 30.7 Å². The zero-order chi connectivity index (χ0) is 12.3. The van der Waals surface area contributed by atoms with Crippen LogP contribution in [0.15, 0.2) is 16.3 Å². The van der Waals surface area contributed by atoms with Crippen molar-refractivity contribution in [3.63, 3.8) is 0 Å². The van der Waals surface area contributed by atoms with Gasteiger partial charge in [-0.2, -0.15) is 0 Å². The first-order valence-electron chi connectivity index (χ1n) is 6.00. The fourth-order valence-electron chi connectivity index (χ4n) is 1.88. The summed E-state index contributed by atoms with van der Waals surface area (Å²) in [5.74, 6) is 0.0159. The molecule has 1 amide bonds. The van der Waals surface area contributed by atoms with E-state index in [9.17, 15) is 4.79 Å². The number of amides is 1. The molecular formula is C12H18N2OS2. The van der Waals surface area contributed by atoms with Gasteiger partial charge in [-0.15, -0.1) is 24.0 Å². The molecule has 1 N–H and O–H groups in total. The Morgan fingerprint density at radius 2 is 2.41 bits per heavy atom. The lowest BCUT2D eigenvalue weighted by Crippen LogP contribution is -2.35. The Bertz CT molecular complexity index is 388. The minimum atomic E-state index is 0.0159. The van der Waals surface area contributed by atoms with Gasteiger partial charge in [-0.05, 0) is 25.5 Å². The van der Waals surface area contributed by atoms with Crippen LogP contribution in [0.4, 0.5) is 0 Å². The molecule has 1 fully saturated rings. The third-order valence-corrected chi connectivity index (χ3v) is 4.33. The first-order valence-corrected chi connectivity index (χ1v) is 7.33. The molecule has 3 nitrogen and oxygen atoms in total. The van der Waals surface area contributed by atoms with Crippen LogP contribution in [-0.2, 0) is 0 Å². The van der Waals surface area contributed by atoms with Crippen molar-refractivity contribution in [2.75, 3.05) is 19.6 Å². The second-order valence-electron chi connectivity index (χ2n) is 4.28. The molecule has 1 aliphatic rings. The standard InChI is InChI=1S/C12H18N2OS2/c1-2-14(9-3-4-9)6-5-13-12(15)11-7-10(16)8-17-11/h7-9,16H,2-6H2,1H3,(H,13,15). The number of carbonyl (C=O) groups is 1. The molecule has 0 unspecified atom stereocenters. The van der Waals surface area contributed by atoms with Crippen LogP contribution in [-0.4, -0.2) is 36.5 Å². The topological polar surface area (TPSA) is 32.3 Å². The molecule has 1 aromatic rings. The van der Waals surface area contributed by atoms with E-state index >= 15 is 0 Å². The van der Waals surface area contributed by atoms with Crippen molar-refractivity contribution in [3.05, 3.63) is 16.3 Å². The van der Waals surface area contributed by atoms with Crippen LogP contribution in [0, 0.1) is 0 Å². The lowest BCUT2D eigenvalue weighted by Gasteiger charge is -2.19. The Kier molecular flexibility index (Phi) is 4.48. The number of likely N-dealkylation sites (N-methyl/N-ethyl adjacent to an activating group) is 1. The molecule has 1 heterocycles. The predicted molar refractivity (Wildman–Crippen MR) is 74.2 cm³/mol. The predicted octanol–water partition coefficient (Wildman–Crippen LogP) is 2.25. The summed E-state index contributed by atoms with van der Waals surface area (Å²) < 4.78 is 0. The summed E-state index contributed by atoms with van der Waals surface area (Å²) in [6, 6.07) is 2.57. The summed E-state index contributed by atoms with van der Waals surface area (Å²) in [5, 5.41) is 4.83. The molecule has 17 heavy (non-hydrogen) atoms. The van der Waals surface area contributed by atoms with E-state index < -0.39 is 0 Å². The molecular weight excluding hydrogens is 252 g/mol. The van der Waals surface area contributed by atoms with Crippen LogP contribution in [0.3, 0.4) is 0 Å². The molecule has 0 saturated heterocycles. The van der Waals surface area contributed by atoms with Crippen molar-refractivity contribution < 1.29 is 4.79 Å². The lowest BCUT2D eigenvalue weighted by molar-refractivity contribution is 0.0952. The van der Waals surface area contributed by atoms with Crippen molar-refractivity contribution in [2.24, 2.45) is 0 Å². The fourth-order valence-corrected chi connectivity index (χ4v) is 2.95. The highest BCUT2D eigenvalue weighted by Gasteiger charge is 2.27. The molecule has 0 aromatic carbocycles. The van der Waals surface area contributed by atoms with Crippen molar-refractivity contribution in [1.29, 1.82) is 0 Å². The maximum absolute atomic E-state index is 11.8. The number of rotatable bonds is 6. The molecule has 0 radical (unpaired) electrons. The van der Waals surface area contributed by atoms with Gasteiger partial charge in [0.25, 0.3) is 5.91 Å². The molecule has 0 spiro atoms. The van der Waals surface area contributed by atoms with Crippen LogP contribution < -0.4 is 5.32 Å². The number of nitrogens with one attached hydrogen (secondary N) is 1. The highest BCUT2D eigenvalue weighted by Crippen LogP contribution is 2.25. The Morgan fingerprint density at radius 1 is 1.65 bits per heavy atom. The molecule has 1 saturated carbocycles. The smallest absolute Gasteiger partial charge is 0.261 e. The molecule has 0 bridgehead atoms. The summed E-state index contributed by atoms with van der Waals surface area (Å²) >= 11 is 5.63.